The predicted molar refractivity (Wildman–Crippen MR) is 170 cm³/mol. The third-order valence-corrected chi connectivity index (χ3v) is 10.6. The number of nitrogens with zero attached hydrogens (tertiary/aromatic N) is 2. The van der Waals surface area contributed by atoms with E-state index in [0.29, 0.717) is 36.2 Å². The van der Waals surface area contributed by atoms with Crippen LogP contribution in [0, 0.1) is 11.8 Å². The molecule has 1 saturated carbocycles. The Morgan fingerprint density at radius 3 is 2.58 bits per heavy atom. The first-order chi connectivity index (χ1) is 20.8. The fraction of sp³-hybridized carbons (Fsp3) is 0.622. The van der Waals surface area contributed by atoms with E-state index in [9.17, 15) is 9.59 Å². The molecule has 232 valence electrons. The van der Waals surface area contributed by atoms with Crippen LogP contribution in [0.4, 0.5) is 0 Å². The Kier molecular flexibility index (Phi) is 8.98. The number of benzene rings is 2. The number of ketones is 1. The van der Waals surface area contributed by atoms with Crippen LogP contribution in [-0.2, 0) is 27.8 Å². The van der Waals surface area contributed by atoms with E-state index in [4.69, 9.17) is 9.47 Å². The fourth-order valence-corrected chi connectivity index (χ4v) is 9.18. The van der Waals surface area contributed by atoms with Gasteiger partial charge in [-0.2, -0.15) is 0 Å². The zero-order chi connectivity index (χ0) is 30.1. The first kappa shape index (κ1) is 30.3. The molecule has 2 aromatic carbocycles. The highest BCUT2D eigenvalue weighted by Gasteiger charge is 2.66. The Labute approximate surface area is 258 Å². The van der Waals surface area contributed by atoms with Crippen molar-refractivity contribution in [2.24, 2.45) is 11.8 Å². The summed E-state index contributed by atoms with van der Waals surface area (Å²) >= 11 is 0. The number of ether oxygens (including phenoxy) is 2. The van der Waals surface area contributed by atoms with E-state index in [1.165, 1.54) is 49.3 Å². The molecular formula is C37H50N2O4. The zero-order valence-electron chi connectivity index (χ0n) is 26.6. The lowest BCUT2D eigenvalue weighted by atomic mass is 9.51. The summed E-state index contributed by atoms with van der Waals surface area (Å²) in [6, 6.07) is 15.6. The van der Waals surface area contributed by atoms with Gasteiger partial charge in [-0.05, 0) is 94.0 Å². The lowest BCUT2D eigenvalue weighted by molar-refractivity contribution is -0.132. The molecule has 2 heterocycles. The van der Waals surface area contributed by atoms with Gasteiger partial charge in [-0.1, -0.05) is 63.1 Å². The van der Waals surface area contributed by atoms with Crippen molar-refractivity contribution < 1.29 is 19.1 Å². The number of aryl methyl sites for hydroxylation is 1. The van der Waals surface area contributed by atoms with E-state index in [0.717, 1.165) is 57.5 Å². The summed E-state index contributed by atoms with van der Waals surface area (Å²) in [5, 5.41) is 0. The monoisotopic (exact) mass is 586 g/mol. The van der Waals surface area contributed by atoms with Gasteiger partial charge in [0.25, 0.3) is 0 Å². The van der Waals surface area contributed by atoms with Crippen molar-refractivity contribution in [1.82, 2.24) is 9.80 Å². The summed E-state index contributed by atoms with van der Waals surface area (Å²) in [5.41, 5.74) is 3.98. The minimum Gasteiger partial charge on any atom is -0.484 e. The van der Waals surface area contributed by atoms with E-state index >= 15 is 0 Å². The van der Waals surface area contributed by atoms with Crippen molar-refractivity contribution in [3.63, 3.8) is 0 Å². The average molecular weight is 587 g/mol. The van der Waals surface area contributed by atoms with Gasteiger partial charge in [-0.25, -0.2) is 0 Å². The van der Waals surface area contributed by atoms with Crippen LogP contribution < -0.4 is 9.47 Å². The summed E-state index contributed by atoms with van der Waals surface area (Å²) in [5.74, 6) is 2.35. The highest BCUT2D eigenvalue weighted by atomic mass is 16.6. The number of piperidine rings is 1. The quantitative estimate of drug-likeness (QED) is 0.154. The zero-order valence-corrected chi connectivity index (χ0v) is 26.6. The number of Topliss-reactive ketones (excluding diaryl/α,β-unsaturated/α-hetero) is 1. The van der Waals surface area contributed by atoms with Crippen molar-refractivity contribution >= 4 is 11.8 Å². The molecule has 6 rings (SSSR count). The van der Waals surface area contributed by atoms with E-state index in [2.05, 4.69) is 60.0 Å². The van der Waals surface area contributed by atoms with Gasteiger partial charge >= 0.3 is 5.97 Å². The molecule has 2 bridgehead atoms. The van der Waals surface area contributed by atoms with E-state index in [1.807, 2.05) is 6.07 Å². The number of hydrogen-bond acceptors (Lipinski definition) is 6. The summed E-state index contributed by atoms with van der Waals surface area (Å²) in [4.78, 5) is 29.6. The largest absolute Gasteiger partial charge is 0.484 e. The molecule has 43 heavy (non-hydrogen) atoms. The fourth-order valence-electron chi connectivity index (χ4n) is 9.18. The lowest BCUT2D eigenvalue weighted by Gasteiger charge is -2.60. The maximum Gasteiger partial charge on any atom is 0.308 e. The molecule has 0 aromatic heterocycles. The van der Waals surface area contributed by atoms with Crippen molar-refractivity contribution in [3.05, 3.63) is 59.2 Å². The van der Waals surface area contributed by atoms with Crippen LogP contribution in [0.15, 0.2) is 42.5 Å². The van der Waals surface area contributed by atoms with Crippen LogP contribution in [0.5, 0.6) is 11.5 Å². The summed E-state index contributed by atoms with van der Waals surface area (Å²) in [6.07, 6.45) is 10.3. The minimum atomic E-state index is -0.307. The lowest BCUT2D eigenvalue weighted by Crippen LogP contribution is -2.69. The van der Waals surface area contributed by atoms with Crippen LogP contribution in [0.2, 0.25) is 0 Å². The Morgan fingerprint density at radius 2 is 1.84 bits per heavy atom. The standard InChI is InChI=1S/C37H50N2O4/c1-25(2)23-38(20-11-6-5-8-12-28-13-9-7-10-14-28)31-17-16-30-32-22-29-15-18-33(42-27(4)41)35-34(29)37(30,36(31)43-35)19-21-39(32)24-26(3)40/h7,9-10,13-15,18,25,30-32,36H,5-6,8,11-12,16-17,19-24H2,1-4H3/t30-,31-,32+,36-,37-/m0/s1. The number of unbranched alkanes of at least 4 members (excludes halogenated alkanes) is 3. The first-order valence-corrected chi connectivity index (χ1v) is 16.8. The normalized spacial score (nSPS) is 27.2. The SMILES string of the molecule is CC(=O)CN1CC[C@]23c4c5ccc(OC(C)=O)c4O[C@H]2[C@@H](N(CCCCCCc2ccccc2)CC(C)C)CC[C@H]3[C@H]1C5. The van der Waals surface area contributed by atoms with E-state index in [1.54, 1.807) is 6.92 Å². The third kappa shape index (κ3) is 5.90. The molecule has 4 aliphatic rings. The Hall–Kier alpha value is -2.70. The predicted octanol–water partition coefficient (Wildman–Crippen LogP) is 6.37. The molecule has 1 spiro atoms. The van der Waals surface area contributed by atoms with Crippen molar-refractivity contribution in [3.8, 4) is 11.5 Å². The molecule has 6 nitrogen and oxygen atoms in total. The molecule has 2 aliphatic carbocycles. The minimum absolute atomic E-state index is 0.0378. The summed E-state index contributed by atoms with van der Waals surface area (Å²) in [6.45, 7) is 11.4. The average Bonchev–Trinajstić information content (AvgIpc) is 3.32. The number of carbonyl (C=O) groups excluding carboxylic acids is 2. The number of carbonyl (C=O) groups is 2. The second-order valence-electron chi connectivity index (χ2n) is 14.1. The van der Waals surface area contributed by atoms with Crippen molar-refractivity contribution in [2.45, 2.75) is 109 Å². The van der Waals surface area contributed by atoms with Crippen LogP contribution in [0.25, 0.3) is 0 Å². The van der Waals surface area contributed by atoms with Gasteiger partial charge in [0, 0.05) is 36.5 Å². The van der Waals surface area contributed by atoms with Crippen LogP contribution in [0.3, 0.4) is 0 Å². The maximum atomic E-state index is 12.3. The first-order valence-electron chi connectivity index (χ1n) is 16.8. The molecule has 0 unspecified atom stereocenters. The molecule has 5 atom stereocenters. The topological polar surface area (TPSA) is 59.1 Å². The molecule has 0 radical (unpaired) electrons. The number of likely N-dealkylation sites (tertiary alicyclic amines) is 1. The van der Waals surface area contributed by atoms with Gasteiger partial charge < -0.3 is 9.47 Å². The highest BCUT2D eigenvalue weighted by Crippen LogP contribution is 2.64. The number of esters is 1. The molecule has 0 N–H and O–H groups in total. The number of rotatable bonds is 13. The van der Waals surface area contributed by atoms with E-state index in [-0.39, 0.29) is 23.3 Å². The van der Waals surface area contributed by atoms with Crippen LogP contribution >= 0.6 is 0 Å². The van der Waals surface area contributed by atoms with Gasteiger partial charge in [0.2, 0.25) is 0 Å². The second-order valence-corrected chi connectivity index (χ2v) is 14.1. The highest BCUT2D eigenvalue weighted by molar-refractivity contribution is 5.78. The maximum absolute atomic E-state index is 12.3. The van der Waals surface area contributed by atoms with Gasteiger partial charge in [0.1, 0.15) is 11.9 Å². The van der Waals surface area contributed by atoms with Gasteiger partial charge in [0.15, 0.2) is 11.5 Å². The summed E-state index contributed by atoms with van der Waals surface area (Å²) < 4.78 is 12.8. The molecule has 0 amide bonds. The molecule has 2 aliphatic heterocycles. The van der Waals surface area contributed by atoms with Crippen molar-refractivity contribution in [1.29, 1.82) is 0 Å². The smallest absolute Gasteiger partial charge is 0.308 e. The van der Waals surface area contributed by atoms with E-state index < -0.39 is 0 Å². The Balaban J connectivity index is 1.24. The Morgan fingerprint density at radius 1 is 1.05 bits per heavy atom. The van der Waals surface area contributed by atoms with Crippen LogP contribution in [-0.4, -0.2) is 65.9 Å². The van der Waals surface area contributed by atoms with Gasteiger partial charge in [0.05, 0.1) is 6.54 Å². The Bertz CT molecular complexity index is 1310. The molecule has 1 saturated heterocycles. The van der Waals surface area contributed by atoms with Crippen LogP contribution in [0.1, 0.15) is 89.3 Å². The molecule has 2 aromatic rings. The second kappa shape index (κ2) is 12.7. The molecule has 2 fully saturated rings. The molecule has 6 heteroatoms. The van der Waals surface area contributed by atoms with Gasteiger partial charge in [-0.15, -0.1) is 0 Å². The van der Waals surface area contributed by atoms with Crippen molar-refractivity contribution in [2.75, 3.05) is 26.2 Å². The number of hydrogen-bond donors (Lipinski definition) is 0. The van der Waals surface area contributed by atoms with Gasteiger partial charge in [-0.3, -0.25) is 19.4 Å². The molecular weight excluding hydrogens is 536 g/mol. The third-order valence-electron chi connectivity index (χ3n) is 10.6. The summed E-state index contributed by atoms with van der Waals surface area (Å²) in [7, 11) is 0.